The van der Waals surface area contributed by atoms with Crippen LogP contribution in [-0.2, 0) is 4.74 Å². The van der Waals surface area contributed by atoms with Crippen molar-refractivity contribution in [3.63, 3.8) is 0 Å². The fourth-order valence-electron chi connectivity index (χ4n) is 2.91. The van der Waals surface area contributed by atoms with Crippen molar-refractivity contribution in [3.05, 3.63) is 28.3 Å². The zero-order valence-electron chi connectivity index (χ0n) is 12.9. The first-order valence-electron chi connectivity index (χ1n) is 6.96. The molecule has 2 aliphatic rings. The first kappa shape index (κ1) is 15.5. The predicted octanol–water partition coefficient (Wildman–Crippen LogP) is 1.21. The molecule has 0 spiro atoms. The summed E-state index contributed by atoms with van der Waals surface area (Å²) in [4.78, 5) is 25.5. The third-order valence-corrected chi connectivity index (χ3v) is 4.07. The lowest BCUT2D eigenvalue weighted by Gasteiger charge is -2.34. The van der Waals surface area contributed by atoms with Crippen LogP contribution in [-0.4, -0.2) is 48.4 Å². The van der Waals surface area contributed by atoms with E-state index in [-0.39, 0.29) is 46.8 Å². The summed E-state index contributed by atoms with van der Waals surface area (Å²) >= 11 is 0. The molecule has 1 atom stereocenters. The molecule has 0 unspecified atom stereocenters. The Morgan fingerprint density at radius 2 is 1.70 bits per heavy atom. The molecule has 0 radical (unpaired) electrons. The summed E-state index contributed by atoms with van der Waals surface area (Å²) in [6.45, 7) is 1.23. The number of rotatable bonds is 2. The SMILES string of the molecule is COc1cc(OC)c2c(c1O)C(=O)C1=C(CO[C@](C)(O)C1)C2=O. The highest BCUT2D eigenvalue weighted by Crippen LogP contribution is 2.45. The molecule has 3 rings (SSSR count). The van der Waals surface area contributed by atoms with Crippen molar-refractivity contribution >= 4 is 11.6 Å². The van der Waals surface area contributed by atoms with E-state index in [2.05, 4.69) is 0 Å². The number of carbonyl (C=O) groups is 2. The third kappa shape index (κ3) is 2.20. The second kappa shape index (κ2) is 5.07. The van der Waals surface area contributed by atoms with E-state index >= 15 is 0 Å². The number of aromatic hydroxyl groups is 1. The van der Waals surface area contributed by atoms with Crippen molar-refractivity contribution < 1.29 is 34.0 Å². The Labute approximate surface area is 132 Å². The van der Waals surface area contributed by atoms with Gasteiger partial charge in [0, 0.05) is 23.6 Å². The standard InChI is InChI=1S/C16H16O7/c1-16(20)5-7-8(6-23-16)14(18)11-9(21-2)4-10(22-3)15(19)12(11)13(7)17/h4,19-20H,5-6H2,1-3H3/t16-/m0/s1. The van der Waals surface area contributed by atoms with Crippen LogP contribution < -0.4 is 9.47 Å². The molecule has 1 aliphatic heterocycles. The van der Waals surface area contributed by atoms with Gasteiger partial charge in [0.1, 0.15) is 5.75 Å². The molecular formula is C16H16O7. The molecule has 1 heterocycles. The average Bonchev–Trinajstić information content (AvgIpc) is 2.51. The number of benzene rings is 1. The molecule has 7 nitrogen and oxygen atoms in total. The number of Topliss-reactive ketones (excluding diaryl/α,β-unsaturated/α-hetero) is 2. The van der Waals surface area contributed by atoms with Crippen LogP contribution in [0.15, 0.2) is 17.2 Å². The zero-order chi connectivity index (χ0) is 16.9. The van der Waals surface area contributed by atoms with E-state index in [9.17, 15) is 19.8 Å². The minimum Gasteiger partial charge on any atom is -0.504 e. The van der Waals surface area contributed by atoms with Gasteiger partial charge >= 0.3 is 0 Å². The van der Waals surface area contributed by atoms with E-state index in [1.807, 2.05) is 0 Å². The van der Waals surface area contributed by atoms with Crippen LogP contribution in [0, 0.1) is 0 Å². The zero-order valence-corrected chi connectivity index (χ0v) is 12.9. The highest BCUT2D eigenvalue weighted by Gasteiger charge is 2.43. The summed E-state index contributed by atoms with van der Waals surface area (Å²) in [6, 6.07) is 1.35. The van der Waals surface area contributed by atoms with Crippen molar-refractivity contribution in [1.29, 1.82) is 0 Å². The Hall–Kier alpha value is -2.38. The minimum atomic E-state index is -1.54. The van der Waals surface area contributed by atoms with E-state index in [1.165, 1.54) is 27.2 Å². The molecule has 7 heteroatoms. The fourth-order valence-corrected chi connectivity index (χ4v) is 2.91. The fraction of sp³-hybridized carbons (Fsp3) is 0.375. The molecule has 0 saturated heterocycles. The van der Waals surface area contributed by atoms with Crippen molar-refractivity contribution in [2.24, 2.45) is 0 Å². The van der Waals surface area contributed by atoms with E-state index in [1.54, 1.807) is 0 Å². The van der Waals surface area contributed by atoms with Crippen LogP contribution in [0.5, 0.6) is 17.2 Å². The van der Waals surface area contributed by atoms with Crippen LogP contribution in [0.4, 0.5) is 0 Å². The maximum absolute atomic E-state index is 12.8. The number of hydrogen-bond acceptors (Lipinski definition) is 7. The van der Waals surface area contributed by atoms with Gasteiger partial charge in [-0.1, -0.05) is 0 Å². The molecule has 23 heavy (non-hydrogen) atoms. The van der Waals surface area contributed by atoms with Gasteiger partial charge < -0.3 is 24.4 Å². The van der Waals surface area contributed by atoms with Crippen molar-refractivity contribution in [3.8, 4) is 17.2 Å². The highest BCUT2D eigenvalue weighted by atomic mass is 16.6. The Balaban J connectivity index is 2.27. The number of methoxy groups -OCH3 is 2. The van der Waals surface area contributed by atoms with E-state index in [0.717, 1.165) is 0 Å². The van der Waals surface area contributed by atoms with Gasteiger partial charge in [0.15, 0.2) is 28.9 Å². The third-order valence-electron chi connectivity index (χ3n) is 4.07. The molecule has 0 saturated carbocycles. The lowest BCUT2D eigenvalue weighted by Crippen LogP contribution is -2.39. The molecule has 2 N–H and O–H groups in total. The summed E-state index contributed by atoms with van der Waals surface area (Å²) in [7, 11) is 2.69. The largest absolute Gasteiger partial charge is 0.504 e. The molecule has 0 aromatic heterocycles. The summed E-state index contributed by atoms with van der Waals surface area (Å²) in [5.74, 6) is -2.78. The van der Waals surface area contributed by atoms with E-state index in [4.69, 9.17) is 14.2 Å². The van der Waals surface area contributed by atoms with E-state index in [0.29, 0.717) is 0 Å². The number of phenols is 1. The predicted molar refractivity (Wildman–Crippen MR) is 78.1 cm³/mol. The summed E-state index contributed by atoms with van der Waals surface area (Å²) in [6.07, 6.45) is -0.134. The molecule has 0 bridgehead atoms. The first-order chi connectivity index (χ1) is 10.8. The minimum absolute atomic E-state index is 0.0142. The maximum Gasteiger partial charge on any atom is 0.196 e. The molecule has 1 aromatic rings. The number of aliphatic hydroxyl groups is 1. The Kier molecular flexibility index (Phi) is 3.42. The lowest BCUT2D eigenvalue weighted by molar-refractivity contribution is -0.187. The van der Waals surface area contributed by atoms with Crippen LogP contribution >= 0.6 is 0 Å². The summed E-state index contributed by atoms with van der Waals surface area (Å²) < 4.78 is 15.4. The van der Waals surface area contributed by atoms with Crippen molar-refractivity contribution in [1.82, 2.24) is 0 Å². The number of hydrogen-bond donors (Lipinski definition) is 2. The second-order valence-electron chi connectivity index (χ2n) is 5.64. The number of phenolic OH excluding ortho intramolecular Hbond substituents is 1. The maximum atomic E-state index is 12.8. The van der Waals surface area contributed by atoms with Gasteiger partial charge in [0.2, 0.25) is 0 Å². The summed E-state index contributed by atoms with van der Waals surface area (Å²) in [5.41, 5.74) is 0.142. The van der Waals surface area contributed by atoms with Gasteiger partial charge in [-0.25, -0.2) is 0 Å². The molecular weight excluding hydrogens is 304 g/mol. The molecule has 122 valence electrons. The smallest absolute Gasteiger partial charge is 0.196 e. The summed E-state index contributed by atoms with van der Waals surface area (Å²) in [5, 5.41) is 20.3. The normalized spacial score (nSPS) is 23.5. The van der Waals surface area contributed by atoms with Crippen molar-refractivity contribution in [2.45, 2.75) is 19.1 Å². The molecule has 1 aliphatic carbocycles. The quantitative estimate of drug-likeness (QED) is 0.844. The number of carbonyl (C=O) groups excluding carboxylic acids is 2. The van der Waals surface area contributed by atoms with Gasteiger partial charge in [-0.2, -0.15) is 0 Å². The highest BCUT2D eigenvalue weighted by molar-refractivity contribution is 6.29. The Morgan fingerprint density at radius 1 is 1.09 bits per heavy atom. The van der Waals surface area contributed by atoms with Crippen LogP contribution in [0.3, 0.4) is 0 Å². The lowest BCUT2D eigenvalue weighted by atomic mass is 9.79. The topological polar surface area (TPSA) is 102 Å². The van der Waals surface area contributed by atoms with Gasteiger partial charge in [0.25, 0.3) is 0 Å². The van der Waals surface area contributed by atoms with Gasteiger partial charge in [-0.3, -0.25) is 9.59 Å². The Bertz CT molecular complexity index is 758. The van der Waals surface area contributed by atoms with Gasteiger partial charge in [-0.05, 0) is 6.92 Å². The van der Waals surface area contributed by atoms with Crippen LogP contribution in [0.1, 0.15) is 34.1 Å². The molecule has 0 fully saturated rings. The average molecular weight is 320 g/mol. The first-order valence-corrected chi connectivity index (χ1v) is 6.96. The number of fused-ring (bicyclic) bond motifs is 1. The van der Waals surface area contributed by atoms with Gasteiger partial charge in [0.05, 0.1) is 32.0 Å². The van der Waals surface area contributed by atoms with Crippen LogP contribution in [0.25, 0.3) is 0 Å². The van der Waals surface area contributed by atoms with Gasteiger partial charge in [-0.15, -0.1) is 0 Å². The monoisotopic (exact) mass is 320 g/mol. The van der Waals surface area contributed by atoms with Crippen molar-refractivity contribution in [2.75, 3.05) is 20.8 Å². The second-order valence-corrected chi connectivity index (χ2v) is 5.64. The Morgan fingerprint density at radius 3 is 2.30 bits per heavy atom. The number of ether oxygens (including phenoxy) is 3. The van der Waals surface area contributed by atoms with Crippen LogP contribution in [0.2, 0.25) is 0 Å². The number of ketones is 2. The molecule has 0 amide bonds. The molecule has 1 aromatic carbocycles. The van der Waals surface area contributed by atoms with E-state index < -0.39 is 23.1 Å².